The van der Waals surface area contributed by atoms with Crippen LogP contribution in [-0.4, -0.2) is 57.1 Å². The number of carbonyl (C=O) groups excluding carboxylic acids is 2. The molecule has 0 aliphatic heterocycles. The van der Waals surface area contributed by atoms with Crippen molar-refractivity contribution < 1.29 is 22.7 Å². The van der Waals surface area contributed by atoms with Crippen LogP contribution in [0.2, 0.25) is 5.02 Å². The lowest BCUT2D eigenvalue weighted by molar-refractivity contribution is -0.140. The second kappa shape index (κ2) is 13.9. The van der Waals surface area contributed by atoms with Crippen molar-refractivity contribution in [2.24, 2.45) is 0 Å². The highest BCUT2D eigenvalue weighted by Gasteiger charge is 2.34. The lowest BCUT2D eigenvalue weighted by atomic mass is 10.0. The molecule has 0 bridgehead atoms. The third kappa shape index (κ3) is 8.24. The Morgan fingerprint density at radius 3 is 2.29 bits per heavy atom. The molecule has 10 heteroatoms. The van der Waals surface area contributed by atoms with Crippen LogP contribution in [0.15, 0.2) is 78.9 Å². The van der Waals surface area contributed by atoms with Gasteiger partial charge in [-0.15, -0.1) is 0 Å². The van der Waals surface area contributed by atoms with E-state index < -0.39 is 28.5 Å². The monoisotopic (exact) mass is 597 g/mol. The minimum absolute atomic E-state index is 0.0465. The molecule has 0 saturated heterocycles. The fraction of sp³-hybridized carbons (Fsp3) is 0.355. The number of nitrogens with one attached hydrogen (secondary N) is 1. The van der Waals surface area contributed by atoms with E-state index in [-0.39, 0.29) is 35.6 Å². The molecule has 0 radical (unpaired) electrons. The number of methoxy groups -OCH3 is 1. The predicted molar refractivity (Wildman–Crippen MR) is 162 cm³/mol. The van der Waals surface area contributed by atoms with Crippen LogP contribution >= 0.6 is 11.6 Å². The molecule has 8 nitrogen and oxygen atoms in total. The van der Waals surface area contributed by atoms with Crippen molar-refractivity contribution in [1.82, 2.24) is 10.2 Å². The molecule has 3 aromatic rings. The second-order valence-corrected chi connectivity index (χ2v) is 12.6. The van der Waals surface area contributed by atoms with Crippen molar-refractivity contribution in [3.05, 3.63) is 95.0 Å². The van der Waals surface area contributed by atoms with E-state index in [2.05, 4.69) is 5.32 Å². The van der Waals surface area contributed by atoms with Gasteiger partial charge in [0.05, 0.1) is 24.1 Å². The van der Waals surface area contributed by atoms with E-state index in [1.807, 2.05) is 42.5 Å². The van der Waals surface area contributed by atoms with Crippen molar-refractivity contribution in [2.75, 3.05) is 24.2 Å². The lowest BCUT2D eigenvalue weighted by Gasteiger charge is -2.34. The first-order chi connectivity index (χ1) is 19.7. The number of ether oxygens (including phenoxy) is 1. The van der Waals surface area contributed by atoms with Crippen LogP contribution in [-0.2, 0) is 32.6 Å². The molecule has 1 atom stereocenters. The Bertz CT molecular complexity index is 1440. The van der Waals surface area contributed by atoms with E-state index >= 15 is 0 Å². The Morgan fingerprint density at radius 2 is 1.63 bits per heavy atom. The van der Waals surface area contributed by atoms with Crippen LogP contribution in [0.25, 0.3) is 0 Å². The Hall–Kier alpha value is -3.56. The van der Waals surface area contributed by atoms with E-state index in [0.29, 0.717) is 5.75 Å². The van der Waals surface area contributed by atoms with Crippen LogP contribution in [0.5, 0.6) is 5.75 Å². The molecule has 3 aromatic carbocycles. The Balaban J connectivity index is 1.74. The maximum absolute atomic E-state index is 14.2. The first-order valence-electron chi connectivity index (χ1n) is 13.6. The third-order valence-corrected chi connectivity index (χ3v) is 8.71. The Kier molecular flexibility index (Phi) is 10.3. The van der Waals surface area contributed by atoms with Crippen LogP contribution in [0.4, 0.5) is 5.69 Å². The van der Waals surface area contributed by atoms with Gasteiger partial charge in [0.25, 0.3) is 0 Å². The molecule has 0 aromatic heterocycles. The molecule has 0 unspecified atom stereocenters. The van der Waals surface area contributed by atoms with Crippen LogP contribution in [0.3, 0.4) is 0 Å². The summed E-state index contributed by atoms with van der Waals surface area (Å²) in [6.45, 7) is -0.444. The molecule has 2 amide bonds. The van der Waals surface area contributed by atoms with E-state index in [0.717, 1.165) is 47.4 Å². The minimum Gasteiger partial charge on any atom is -0.497 e. The number of nitrogens with zero attached hydrogens (tertiary/aromatic N) is 2. The number of sulfonamides is 1. The van der Waals surface area contributed by atoms with Gasteiger partial charge < -0.3 is 15.0 Å². The predicted octanol–water partition coefficient (Wildman–Crippen LogP) is 4.81. The molecule has 1 fully saturated rings. The summed E-state index contributed by atoms with van der Waals surface area (Å²) in [7, 11) is -2.34. The smallest absolute Gasteiger partial charge is 0.244 e. The quantitative estimate of drug-likeness (QED) is 0.323. The molecule has 0 heterocycles. The Labute approximate surface area is 247 Å². The van der Waals surface area contributed by atoms with E-state index in [4.69, 9.17) is 16.3 Å². The summed E-state index contributed by atoms with van der Waals surface area (Å²) < 4.78 is 32.2. The fourth-order valence-electron chi connectivity index (χ4n) is 5.14. The fourth-order valence-corrected chi connectivity index (χ4v) is 6.29. The van der Waals surface area contributed by atoms with E-state index in [1.165, 1.54) is 4.90 Å². The van der Waals surface area contributed by atoms with Gasteiger partial charge in [0.2, 0.25) is 21.8 Å². The highest BCUT2D eigenvalue weighted by molar-refractivity contribution is 7.92. The van der Waals surface area contributed by atoms with Gasteiger partial charge in [-0.1, -0.05) is 79.0 Å². The number of carbonyl (C=O) groups is 2. The van der Waals surface area contributed by atoms with Gasteiger partial charge in [-0.3, -0.25) is 13.9 Å². The molecule has 4 rings (SSSR count). The zero-order valence-corrected chi connectivity index (χ0v) is 24.9. The molecule has 0 spiro atoms. The van der Waals surface area contributed by atoms with Gasteiger partial charge in [0.1, 0.15) is 18.3 Å². The summed E-state index contributed by atoms with van der Waals surface area (Å²) in [5, 5.41) is 3.36. The van der Waals surface area contributed by atoms with E-state index in [1.54, 1.807) is 43.5 Å². The second-order valence-electron chi connectivity index (χ2n) is 10.3. The van der Waals surface area contributed by atoms with Crippen LogP contribution in [0.1, 0.15) is 36.8 Å². The summed E-state index contributed by atoms with van der Waals surface area (Å²) in [5.74, 6) is -0.180. The minimum atomic E-state index is -3.90. The summed E-state index contributed by atoms with van der Waals surface area (Å²) in [6.07, 6.45) is 5.16. The normalized spacial score (nSPS) is 14.3. The van der Waals surface area contributed by atoms with Gasteiger partial charge in [-0.2, -0.15) is 0 Å². The molecule has 1 aliphatic carbocycles. The molecular formula is C31H36ClN3O5S. The summed E-state index contributed by atoms with van der Waals surface area (Å²) in [6, 6.07) is 22.4. The number of para-hydroxylation sites is 1. The summed E-state index contributed by atoms with van der Waals surface area (Å²) >= 11 is 6.36. The first-order valence-corrected chi connectivity index (χ1v) is 15.9. The van der Waals surface area contributed by atoms with Crippen LogP contribution < -0.4 is 14.4 Å². The van der Waals surface area contributed by atoms with Crippen LogP contribution in [0, 0.1) is 0 Å². The number of hydrogen-bond acceptors (Lipinski definition) is 5. The molecular weight excluding hydrogens is 562 g/mol. The van der Waals surface area contributed by atoms with Gasteiger partial charge in [0, 0.05) is 19.0 Å². The molecule has 41 heavy (non-hydrogen) atoms. The molecule has 1 saturated carbocycles. The molecule has 1 aliphatic rings. The van der Waals surface area contributed by atoms with Crippen molar-refractivity contribution in [1.29, 1.82) is 0 Å². The zero-order chi connectivity index (χ0) is 29.4. The highest BCUT2D eigenvalue weighted by atomic mass is 35.5. The third-order valence-electron chi connectivity index (χ3n) is 7.26. The first kappa shape index (κ1) is 30.4. The van der Waals surface area contributed by atoms with Crippen molar-refractivity contribution in [3.8, 4) is 5.75 Å². The van der Waals surface area contributed by atoms with Crippen molar-refractivity contribution in [2.45, 2.75) is 50.7 Å². The average Bonchev–Trinajstić information content (AvgIpc) is 3.47. The van der Waals surface area contributed by atoms with E-state index in [9.17, 15) is 18.0 Å². The maximum atomic E-state index is 14.2. The number of amides is 2. The van der Waals surface area contributed by atoms with Gasteiger partial charge >= 0.3 is 0 Å². The number of hydrogen-bond donors (Lipinski definition) is 1. The molecule has 218 valence electrons. The average molecular weight is 598 g/mol. The van der Waals surface area contributed by atoms with Gasteiger partial charge in [0.15, 0.2) is 0 Å². The highest BCUT2D eigenvalue weighted by Crippen LogP contribution is 2.28. The largest absolute Gasteiger partial charge is 0.497 e. The number of benzene rings is 3. The number of rotatable bonds is 12. The SMILES string of the molecule is COc1cccc(CN(C(=O)CN(c2ccccc2Cl)S(C)(=O)=O)[C@H](Cc2ccccc2)C(=O)NC2CCCC2)c1. The van der Waals surface area contributed by atoms with Gasteiger partial charge in [-0.25, -0.2) is 8.42 Å². The number of anilines is 1. The maximum Gasteiger partial charge on any atom is 0.244 e. The summed E-state index contributed by atoms with van der Waals surface area (Å²) in [5.41, 5.74) is 1.82. The van der Waals surface area contributed by atoms with Crippen molar-refractivity contribution in [3.63, 3.8) is 0 Å². The van der Waals surface area contributed by atoms with Crippen molar-refractivity contribution >= 4 is 39.1 Å². The standard InChI is InChI=1S/C31H36ClN3O5S/c1-40-26-16-10-13-24(19-26)21-34(30(36)22-35(41(2,38)39)28-18-9-8-17-27(28)32)29(20-23-11-4-3-5-12-23)31(37)33-25-14-6-7-15-25/h3-5,8-13,16-19,25,29H,6-7,14-15,20-22H2,1-2H3,(H,33,37)/t29-/m1/s1. The lowest BCUT2D eigenvalue weighted by Crippen LogP contribution is -2.54. The van der Waals surface area contributed by atoms with Gasteiger partial charge in [-0.05, 0) is 48.2 Å². The Morgan fingerprint density at radius 1 is 0.976 bits per heavy atom. The summed E-state index contributed by atoms with van der Waals surface area (Å²) in [4.78, 5) is 29.5. The number of halogens is 1. The zero-order valence-electron chi connectivity index (χ0n) is 23.3. The topological polar surface area (TPSA) is 96.0 Å². The molecule has 1 N–H and O–H groups in total.